The Labute approximate surface area is 106 Å². The van der Waals surface area contributed by atoms with Crippen LogP contribution in [0, 0.1) is 11.3 Å². The number of pyridine rings is 1. The van der Waals surface area contributed by atoms with Crippen LogP contribution in [0.5, 0.6) is 0 Å². The first-order valence-electron chi connectivity index (χ1n) is 5.80. The van der Waals surface area contributed by atoms with Gasteiger partial charge in [-0.05, 0) is 19.1 Å². The number of nitrogens with one attached hydrogen (secondary N) is 1. The lowest BCUT2D eigenvalue weighted by Gasteiger charge is -2.14. The maximum atomic E-state index is 9.16. The summed E-state index contributed by atoms with van der Waals surface area (Å²) in [4.78, 5) is 4.48. The highest BCUT2D eigenvalue weighted by Crippen LogP contribution is 2.20. The predicted octanol–water partition coefficient (Wildman–Crippen LogP) is 2.55. The van der Waals surface area contributed by atoms with Crippen molar-refractivity contribution in [1.29, 1.82) is 5.26 Å². The van der Waals surface area contributed by atoms with Gasteiger partial charge in [-0.25, -0.2) is 4.98 Å². The Balaban J connectivity index is 2.39. The molecule has 2 aromatic rings. The van der Waals surface area contributed by atoms with Gasteiger partial charge >= 0.3 is 0 Å². The van der Waals surface area contributed by atoms with Crippen molar-refractivity contribution >= 4 is 16.7 Å². The van der Waals surface area contributed by atoms with E-state index in [9.17, 15) is 0 Å². The predicted molar refractivity (Wildman–Crippen MR) is 71.4 cm³/mol. The molecular weight excluding hydrogens is 226 g/mol. The third-order valence-electron chi connectivity index (χ3n) is 2.64. The van der Waals surface area contributed by atoms with E-state index in [4.69, 9.17) is 10.00 Å². The molecule has 18 heavy (non-hydrogen) atoms. The van der Waals surface area contributed by atoms with Crippen LogP contribution in [0.25, 0.3) is 10.9 Å². The first-order chi connectivity index (χ1) is 8.74. The van der Waals surface area contributed by atoms with E-state index in [-0.39, 0.29) is 6.04 Å². The molecule has 2 rings (SSSR count). The molecule has 0 aliphatic heterocycles. The summed E-state index contributed by atoms with van der Waals surface area (Å²) in [6.45, 7) is 2.56. The number of benzene rings is 1. The zero-order chi connectivity index (χ0) is 13.0. The van der Waals surface area contributed by atoms with Gasteiger partial charge in [0.05, 0.1) is 17.7 Å². The van der Waals surface area contributed by atoms with Crippen LogP contribution in [0.2, 0.25) is 0 Å². The van der Waals surface area contributed by atoms with Gasteiger partial charge in [0.2, 0.25) is 0 Å². The number of para-hydroxylation sites is 1. The molecule has 4 heteroatoms. The second-order valence-corrected chi connectivity index (χ2v) is 4.19. The zero-order valence-corrected chi connectivity index (χ0v) is 10.5. The Morgan fingerprint density at radius 2 is 2.22 bits per heavy atom. The van der Waals surface area contributed by atoms with Crippen LogP contribution in [0.15, 0.2) is 30.3 Å². The smallest absolute Gasteiger partial charge is 0.144 e. The Kier molecular flexibility index (Phi) is 3.75. The van der Waals surface area contributed by atoms with Crippen molar-refractivity contribution < 1.29 is 4.74 Å². The lowest BCUT2D eigenvalue weighted by Crippen LogP contribution is -2.22. The molecular formula is C14H15N3O. The minimum Gasteiger partial charge on any atom is -0.383 e. The van der Waals surface area contributed by atoms with Gasteiger partial charge in [0, 0.05) is 18.5 Å². The molecule has 0 saturated heterocycles. The van der Waals surface area contributed by atoms with Crippen molar-refractivity contribution in [3.05, 3.63) is 35.9 Å². The third kappa shape index (κ3) is 2.58. The average Bonchev–Trinajstić information content (AvgIpc) is 2.38. The minimum absolute atomic E-state index is 0.107. The molecule has 4 nitrogen and oxygen atoms in total. The van der Waals surface area contributed by atoms with Crippen molar-refractivity contribution in [3.8, 4) is 6.07 Å². The number of nitrogens with zero attached hydrogens (tertiary/aromatic N) is 2. The maximum Gasteiger partial charge on any atom is 0.144 e. The average molecular weight is 241 g/mol. The van der Waals surface area contributed by atoms with Crippen LogP contribution in [-0.2, 0) is 4.74 Å². The molecule has 0 spiro atoms. The van der Waals surface area contributed by atoms with Crippen molar-refractivity contribution in [2.24, 2.45) is 0 Å². The van der Waals surface area contributed by atoms with Crippen LogP contribution < -0.4 is 5.32 Å². The number of aromatic nitrogens is 1. The van der Waals surface area contributed by atoms with Crippen molar-refractivity contribution in [2.45, 2.75) is 13.0 Å². The molecule has 0 bridgehead atoms. The maximum absolute atomic E-state index is 9.16. The second-order valence-electron chi connectivity index (χ2n) is 4.19. The van der Waals surface area contributed by atoms with Gasteiger partial charge < -0.3 is 10.1 Å². The SMILES string of the molecule is COCC(C)Nc1nc2ccccc2cc1C#N. The Bertz CT molecular complexity index is 589. The minimum atomic E-state index is 0.107. The van der Waals surface area contributed by atoms with Gasteiger partial charge in [0.15, 0.2) is 0 Å². The number of hydrogen-bond acceptors (Lipinski definition) is 4. The van der Waals surface area contributed by atoms with E-state index in [0.29, 0.717) is 18.0 Å². The summed E-state index contributed by atoms with van der Waals surface area (Å²) in [5.41, 5.74) is 1.43. The van der Waals surface area contributed by atoms with E-state index in [1.165, 1.54) is 0 Å². The van der Waals surface area contributed by atoms with E-state index in [0.717, 1.165) is 10.9 Å². The van der Waals surface area contributed by atoms with E-state index >= 15 is 0 Å². The zero-order valence-electron chi connectivity index (χ0n) is 10.5. The number of hydrogen-bond donors (Lipinski definition) is 1. The monoisotopic (exact) mass is 241 g/mol. The molecule has 0 radical (unpaired) electrons. The van der Waals surface area contributed by atoms with Gasteiger partial charge in [-0.2, -0.15) is 5.26 Å². The van der Waals surface area contributed by atoms with E-state index in [2.05, 4.69) is 16.4 Å². The van der Waals surface area contributed by atoms with E-state index < -0.39 is 0 Å². The highest BCUT2D eigenvalue weighted by Gasteiger charge is 2.09. The lowest BCUT2D eigenvalue weighted by atomic mass is 10.1. The highest BCUT2D eigenvalue weighted by atomic mass is 16.5. The fourth-order valence-corrected chi connectivity index (χ4v) is 1.84. The van der Waals surface area contributed by atoms with Gasteiger partial charge in [0.1, 0.15) is 11.9 Å². The normalized spacial score (nSPS) is 12.1. The van der Waals surface area contributed by atoms with E-state index in [1.807, 2.05) is 37.3 Å². The van der Waals surface area contributed by atoms with Gasteiger partial charge in [-0.1, -0.05) is 18.2 Å². The largest absolute Gasteiger partial charge is 0.383 e. The quantitative estimate of drug-likeness (QED) is 0.893. The summed E-state index contributed by atoms with van der Waals surface area (Å²) in [6.07, 6.45) is 0. The first-order valence-corrected chi connectivity index (χ1v) is 5.80. The second kappa shape index (κ2) is 5.48. The highest BCUT2D eigenvalue weighted by molar-refractivity contribution is 5.82. The summed E-state index contributed by atoms with van der Waals surface area (Å²) < 4.78 is 5.06. The van der Waals surface area contributed by atoms with Crippen LogP contribution in [0.3, 0.4) is 0 Å². The van der Waals surface area contributed by atoms with Gasteiger partial charge in [0.25, 0.3) is 0 Å². The molecule has 92 valence electrons. The fraction of sp³-hybridized carbons (Fsp3) is 0.286. The molecule has 1 unspecified atom stereocenters. The molecule has 1 heterocycles. The number of ether oxygens (including phenoxy) is 1. The van der Waals surface area contributed by atoms with Crippen LogP contribution in [0.4, 0.5) is 5.82 Å². The topological polar surface area (TPSA) is 57.9 Å². The Morgan fingerprint density at radius 1 is 1.44 bits per heavy atom. The molecule has 0 fully saturated rings. The number of anilines is 1. The van der Waals surface area contributed by atoms with Crippen LogP contribution >= 0.6 is 0 Å². The summed E-state index contributed by atoms with van der Waals surface area (Å²) in [5, 5.41) is 13.3. The summed E-state index contributed by atoms with van der Waals surface area (Å²) in [5.74, 6) is 0.612. The van der Waals surface area contributed by atoms with Crippen molar-refractivity contribution in [2.75, 3.05) is 19.0 Å². The molecule has 0 aliphatic carbocycles. The lowest BCUT2D eigenvalue weighted by molar-refractivity contribution is 0.190. The number of methoxy groups -OCH3 is 1. The van der Waals surface area contributed by atoms with Crippen LogP contribution in [0.1, 0.15) is 12.5 Å². The molecule has 1 N–H and O–H groups in total. The first kappa shape index (κ1) is 12.3. The molecule has 1 atom stereocenters. The Morgan fingerprint density at radius 3 is 2.94 bits per heavy atom. The number of nitriles is 1. The van der Waals surface area contributed by atoms with Gasteiger partial charge in [-0.3, -0.25) is 0 Å². The molecule has 1 aromatic heterocycles. The number of rotatable bonds is 4. The summed E-state index contributed by atoms with van der Waals surface area (Å²) >= 11 is 0. The standard InChI is InChI=1S/C14H15N3O/c1-10(9-18-2)16-14-12(8-15)7-11-5-3-4-6-13(11)17-14/h3-7,10H,9H2,1-2H3,(H,16,17). The Hall–Kier alpha value is -2.12. The van der Waals surface area contributed by atoms with Gasteiger partial charge in [-0.15, -0.1) is 0 Å². The molecule has 1 aromatic carbocycles. The van der Waals surface area contributed by atoms with Crippen molar-refractivity contribution in [3.63, 3.8) is 0 Å². The van der Waals surface area contributed by atoms with E-state index in [1.54, 1.807) is 7.11 Å². The van der Waals surface area contributed by atoms with Crippen LogP contribution in [-0.4, -0.2) is 24.7 Å². The fourth-order valence-electron chi connectivity index (χ4n) is 1.84. The summed E-state index contributed by atoms with van der Waals surface area (Å²) in [6, 6.07) is 11.9. The molecule has 0 saturated carbocycles. The molecule has 0 aliphatic rings. The van der Waals surface area contributed by atoms with Crippen molar-refractivity contribution in [1.82, 2.24) is 4.98 Å². The molecule has 0 amide bonds. The number of fused-ring (bicyclic) bond motifs is 1. The third-order valence-corrected chi connectivity index (χ3v) is 2.64. The summed E-state index contributed by atoms with van der Waals surface area (Å²) in [7, 11) is 1.65.